The van der Waals surface area contributed by atoms with Crippen LogP contribution < -0.4 is 0 Å². The molecule has 0 bridgehead atoms. The summed E-state index contributed by atoms with van der Waals surface area (Å²) in [5, 5.41) is 0. The molecule has 0 aromatic rings. The van der Waals surface area contributed by atoms with Gasteiger partial charge in [-0.15, -0.1) is 0 Å². The minimum absolute atomic E-state index is 0. The van der Waals surface area contributed by atoms with Gasteiger partial charge in [0, 0.05) is 2.85 Å². The molecule has 114 valence electrons. The van der Waals surface area contributed by atoms with Gasteiger partial charge in [-0.25, -0.2) is 0 Å². The van der Waals surface area contributed by atoms with Gasteiger partial charge in [-0.05, 0) is 57.3 Å². The molecule has 2 fully saturated rings. The molecule has 0 spiro atoms. The number of hydrogen-bond donors (Lipinski definition) is 0. The van der Waals surface area contributed by atoms with Crippen molar-refractivity contribution in [2.45, 2.75) is 78.6 Å². The van der Waals surface area contributed by atoms with Crippen molar-refractivity contribution in [2.24, 2.45) is 17.8 Å². The average Bonchev–Trinajstić information content (AvgIpc) is 2.44. The molecule has 19 heavy (non-hydrogen) atoms. The molecule has 0 aromatic heterocycles. The van der Waals surface area contributed by atoms with Gasteiger partial charge in [-0.3, -0.25) is 0 Å². The van der Waals surface area contributed by atoms with Gasteiger partial charge in [-0.1, -0.05) is 63.3 Å². The van der Waals surface area contributed by atoms with Crippen LogP contribution in [-0.2, 0) is 0 Å². The Kier molecular flexibility index (Phi) is 8.95. The Bertz CT molecular complexity index is 257. The standard InChI is InChI=1S/C10H18.C9H16.2H2/c1-3-4-10-7-5-9(2)6-8-10;1-2-6-9-7-4-3-5-8-9;;/h3-4,9-10H,5-8H2,1-2H3;2,6,9H,3-5,7-8H2,1H3;2*1H/b4-3+;6-2+;;. The number of rotatable bonds is 2. The first kappa shape index (κ1) is 16.5. The summed E-state index contributed by atoms with van der Waals surface area (Å²) in [6.07, 6.45) is 22.1. The predicted octanol–water partition coefficient (Wildman–Crippen LogP) is 7.02. The fourth-order valence-corrected chi connectivity index (χ4v) is 3.35. The van der Waals surface area contributed by atoms with Gasteiger partial charge in [0.1, 0.15) is 0 Å². The SMILES string of the molecule is C/C=C/C1CCC(C)CC1.C/C=C/C1CCCCC1.[HH].[HH]. The highest BCUT2D eigenvalue weighted by molar-refractivity contribution is 4.88. The van der Waals surface area contributed by atoms with Gasteiger partial charge in [0.2, 0.25) is 0 Å². The Hall–Kier alpha value is -0.520. The lowest BCUT2D eigenvalue weighted by molar-refractivity contribution is 0.330. The van der Waals surface area contributed by atoms with Gasteiger partial charge in [0.15, 0.2) is 0 Å². The monoisotopic (exact) mass is 266 g/mol. The largest absolute Gasteiger partial charge is 0.0914 e. The van der Waals surface area contributed by atoms with Crippen molar-refractivity contribution in [3.8, 4) is 0 Å². The first-order valence-corrected chi connectivity index (χ1v) is 8.51. The molecule has 2 rings (SSSR count). The second kappa shape index (κ2) is 10.3. The summed E-state index contributed by atoms with van der Waals surface area (Å²) in [4.78, 5) is 0. The van der Waals surface area contributed by atoms with Crippen LogP contribution in [0, 0.1) is 17.8 Å². The molecule has 0 N–H and O–H groups in total. The van der Waals surface area contributed by atoms with Crippen LogP contribution in [0.25, 0.3) is 0 Å². The van der Waals surface area contributed by atoms with Crippen LogP contribution in [0.5, 0.6) is 0 Å². The van der Waals surface area contributed by atoms with Crippen molar-refractivity contribution in [1.29, 1.82) is 0 Å². The van der Waals surface area contributed by atoms with Crippen LogP contribution in [-0.4, -0.2) is 0 Å². The molecule has 2 aliphatic rings. The maximum atomic E-state index is 2.37. The quantitative estimate of drug-likeness (QED) is 0.471. The van der Waals surface area contributed by atoms with Gasteiger partial charge in [0.25, 0.3) is 0 Å². The zero-order valence-electron chi connectivity index (χ0n) is 13.4. The lowest BCUT2D eigenvalue weighted by atomic mass is 9.83. The Morgan fingerprint density at radius 3 is 1.63 bits per heavy atom. The lowest BCUT2D eigenvalue weighted by Gasteiger charge is -2.23. The first-order valence-electron chi connectivity index (χ1n) is 8.51. The third-order valence-electron chi connectivity index (χ3n) is 4.64. The van der Waals surface area contributed by atoms with Crippen LogP contribution in [0.4, 0.5) is 0 Å². The third kappa shape index (κ3) is 7.60. The summed E-state index contributed by atoms with van der Waals surface area (Å²) in [5.74, 6) is 2.81. The van der Waals surface area contributed by atoms with E-state index in [-0.39, 0.29) is 2.85 Å². The highest BCUT2D eigenvalue weighted by Crippen LogP contribution is 2.28. The van der Waals surface area contributed by atoms with E-state index in [1.807, 2.05) is 0 Å². The lowest BCUT2D eigenvalue weighted by Crippen LogP contribution is -2.09. The van der Waals surface area contributed by atoms with Crippen molar-refractivity contribution < 1.29 is 2.85 Å². The molecular formula is C19H38. The van der Waals surface area contributed by atoms with Gasteiger partial charge >= 0.3 is 0 Å². The minimum Gasteiger partial charge on any atom is -0.0914 e. The summed E-state index contributed by atoms with van der Waals surface area (Å²) >= 11 is 0. The van der Waals surface area contributed by atoms with E-state index in [9.17, 15) is 0 Å². The van der Waals surface area contributed by atoms with Crippen LogP contribution in [0.15, 0.2) is 24.3 Å². The van der Waals surface area contributed by atoms with E-state index in [2.05, 4.69) is 45.1 Å². The summed E-state index contributed by atoms with van der Waals surface area (Å²) < 4.78 is 0. The van der Waals surface area contributed by atoms with Crippen LogP contribution in [0.2, 0.25) is 0 Å². The van der Waals surface area contributed by atoms with Crippen LogP contribution >= 0.6 is 0 Å². The van der Waals surface area contributed by atoms with E-state index in [4.69, 9.17) is 0 Å². The summed E-state index contributed by atoms with van der Waals surface area (Å²) in [6, 6.07) is 0. The fraction of sp³-hybridized carbons (Fsp3) is 0.789. The molecule has 2 aliphatic carbocycles. The maximum Gasteiger partial charge on any atom is 0 e. The minimum atomic E-state index is 0. The zero-order valence-corrected chi connectivity index (χ0v) is 13.4. The van der Waals surface area contributed by atoms with E-state index in [1.165, 1.54) is 57.8 Å². The normalized spacial score (nSPS) is 29.4. The van der Waals surface area contributed by atoms with Gasteiger partial charge < -0.3 is 0 Å². The first-order chi connectivity index (χ1) is 9.26. The Morgan fingerprint density at radius 2 is 1.16 bits per heavy atom. The predicted molar refractivity (Wildman–Crippen MR) is 91.6 cm³/mol. The smallest absolute Gasteiger partial charge is 0 e. The highest BCUT2D eigenvalue weighted by Gasteiger charge is 2.14. The van der Waals surface area contributed by atoms with Crippen molar-refractivity contribution in [2.75, 3.05) is 0 Å². The molecule has 0 aliphatic heterocycles. The molecule has 0 nitrogen and oxygen atoms in total. The second-order valence-corrected chi connectivity index (χ2v) is 6.47. The highest BCUT2D eigenvalue weighted by atomic mass is 14.2. The third-order valence-corrected chi connectivity index (χ3v) is 4.64. The van der Waals surface area contributed by atoms with E-state index >= 15 is 0 Å². The van der Waals surface area contributed by atoms with E-state index in [1.54, 1.807) is 0 Å². The molecule has 0 unspecified atom stereocenters. The Labute approximate surface area is 124 Å². The fourth-order valence-electron chi connectivity index (χ4n) is 3.35. The van der Waals surface area contributed by atoms with E-state index in [0.29, 0.717) is 0 Å². The maximum absolute atomic E-state index is 2.37. The van der Waals surface area contributed by atoms with Crippen molar-refractivity contribution in [3.05, 3.63) is 24.3 Å². The Morgan fingerprint density at radius 1 is 0.684 bits per heavy atom. The van der Waals surface area contributed by atoms with Crippen molar-refractivity contribution >= 4 is 0 Å². The Balaban J connectivity index is 0. The number of allylic oxidation sites excluding steroid dienone is 4. The van der Waals surface area contributed by atoms with Crippen LogP contribution in [0.1, 0.15) is 81.4 Å². The molecule has 0 amide bonds. The molecule has 2 saturated carbocycles. The molecule has 0 radical (unpaired) electrons. The molecule has 0 aromatic carbocycles. The van der Waals surface area contributed by atoms with E-state index in [0.717, 1.165) is 17.8 Å². The van der Waals surface area contributed by atoms with Crippen molar-refractivity contribution in [3.63, 3.8) is 0 Å². The average molecular weight is 267 g/mol. The van der Waals surface area contributed by atoms with Gasteiger partial charge in [-0.2, -0.15) is 0 Å². The molecular weight excluding hydrogens is 228 g/mol. The molecule has 0 saturated heterocycles. The summed E-state index contributed by atoms with van der Waals surface area (Å²) in [6.45, 7) is 6.61. The molecule has 0 heterocycles. The van der Waals surface area contributed by atoms with E-state index < -0.39 is 0 Å². The van der Waals surface area contributed by atoms with Crippen molar-refractivity contribution in [1.82, 2.24) is 0 Å². The molecule has 0 heteroatoms. The topological polar surface area (TPSA) is 0 Å². The zero-order chi connectivity index (χ0) is 13.9. The summed E-state index contributed by atoms with van der Waals surface area (Å²) in [7, 11) is 0. The van der Waals surface area contributed by atoms with Crippen LogP contribution in [0.3, 0.4) is 0 Å². The molecule has 0 atom stereocenters. The second-order valence-electron chi connectivity index (χ2n) is 6.47. The number of hydrogen-bond acceptors (Lipinski definition) is 0. The summed E-state index contributed by atoms with van der Waals surface area (Å²) in [5.41, 5.74) is 0. The van der Waals surface area contributed by atoms with Gasteiger partial charge in [0.05, 0.1) is 0 Å².